The molecule has 0 spiro atoms. The molecule has 0 atom stereocenters. The molecule has 0 radical (unpaired) electrons. The summed E-state index contributed by atoms with van der Waals surface area (Å²) in [6, 6.07) is 4.96. The van der Waals surface area contributed by atoms with Gasteiger partial charge in [-0.1, -0.05) is 19.9 Å². The Balaban J connectivity index is 1.82. The van der Waals surface area contributed by atoms with E-state index in [4.69, 9.17) is 0 Å². The minimum absolute atomic E-state index is 0.238. The molecule has 0 bridgehead atoms. The van der Waals surface area contributed by atoms with Gasteiger partial charge in [0.25, 0.3) is 11.8 Å². The van der Waals surface area contributed by atoms with E-state index < -0.39 is 0 Å². The van der Waals surface area contributed by atoms with Crippen molar-refractivity contribution in [3.63, 3.8) is 0 Å². The van der Waals surface area contributed by atoms with Crippen LogP contribution < -0.4 is 10.6 Å². The maximum Gasteiger partial charge on any atom is 0.269 e. The van der Waals surface area contributed by atoms with Crippen LogP contribution in [0.15, 0.2) is 24.4 Å². The Labute approximate surface area is 146 Å². The topological polar surface area (TPSA) is 88.9 Å². The lowest BCUT2D eigenvalue weighted by Crippen LogP contribution is -2.21. The molecular weight excluding hydrogens is 318 g/mol. The van der Waals surface area contributed by atoms with Gasteiger partial charge in [0, 0.05) is 19.5 Å². The van der Waals surface area contributed by atoms with Crippen molar-refractivity contribution in [1.29, 1.82) is 0 Å². The second-order valence-corrected chi connectivity index (χ2v) is 6.74. The summed E-state index contributed by atoms with van der Waals surface area (Å²) in [5.74, 6) is 0.689. The monoisotopic (exact) mass is 341 g/mol. The number of carbonyl (C=O) groups is 2. The highest BCUT2D eigenvalue weighted by Gasteiger charge is 2.32. The van der Waals surface area contributed by atoms with E-state index in [1.807, 2.05) is 4.68 Å². The van der Waals surface area contributed by atoms with Gasteiger partial charge in [-0.25, -0.2) is 4.98 Å². The molecule has 1 aliphatic carbocycles. The quantitative estimate of drug-likeness (QED) is 0.844. The number of rotatable bonds is 6. The number of nitrogens with zero attached hydrogens (tertiary/aromatic N) is 3. The average Bonchev–Trinajstić information content (AvgIpc) is 3.34. The number of pyridine rings is 1. The highest BCUT2D eigenvalue weighted by Crippen LogP contribution is 2.42. The summed E-state index contributed by atoms with van der Waals surface area (Å²) in [6.45, 7) is 5.06. The zero-order valence-electron chi connectivity index (χ0n) is 14.7. The molecule has 25 heavy (non-hydrogen) atoms. The van der Waals surface area contributed by atoms with Crippen LogP contribution in [0.2, 0.25) is 0 Å². The van der Waals surface area contributed by atoms with Gasteiger partial charge in [0.05, 0.1) is 17.5 Å². The normalized spacial score (nSPS) is 13.8. The summed E-state index contributed by atoms with van der Waals surface area (Å²) < 4.78 is 1.95. The Morgan fingerprint density at radius 3 is 2.68 bits per heavy atom. The van der Waals surface area contributed by atoms with Crippen LogP contribution in [-0.2, 0) is 6.54 Å². The first-order valence-corrected chi connectivity index (χ1v) is 8.55. The van der Waals surface area contributed by atoms with Crippen molar-refractivity contribution in [3.05, 3.63) is 41.3 Å². The van der Waals surface area contributed by atoms with Gasteiger partial charge in [0.15, 0.2) is 0 Å². The molecule has 0 aromatic carbocycles. The van der Waals surface area contributed by atoms with Gasteiger partial charge in [-0.15, -0.1) is 0 Å². The van der Waals surface area contributed by atoms with Gasteiger partial charge in [-0.05, 0) is 30.9 Å². The number of aromatic nitrogens is 3. The van der Waals surface area contributed by atoms with E-state index in [1.165, 1.54) is 0 Å². The van der Waals surface area contributed by atoms with Crippen molar-refractivity contribution in [1.82, 2.24) is 20.1 Å². The Morgan fingerprint density at radius 1 is 1.28 bits per heavy atom. The number of anilines is 1. The van der Waals surface area contributed by atoms with E-state index >= 15 is 0 Å². The molecule has 132 valence electrons. The first kappa shape index (κ1) is 17.1. The number of hydrogen-bond acceptors (Lipinski definition) is 4. The molecule has 1 saturated carbocycles. The first-order chi connectivity index (χ1) is 12.0. The smallest absolute Gasteiger partial charge is 0.269 e. The van der Waals surface area contributed by atoms with Gasteiger partial charge in [0.2, 0.25) is 0 Å². The molecule has 2 N–H and O–H groups in total. The van der Waals surface area contributed by atoms with Gasteiger partial charge in [-0.2, -0.15) is 5.10 Å². The second-order valence-electron chi connectivity index (χ2n) is 6.74. The molecule has 7 heteroatoms. The molecule has 2 aromatic heterocycles. The largest absolute Gasteiger partial charge is 0.354 e. The Hall–Kier alpha value is -2.70. The fraction of sp³-hybridized carbons (Fsp3) is 0.444. The lowest BCUT2D eigenvalue weighted by atomic mass is 10.1. The molecule has 0 unspecified atom stereocenters. The molecule has 1 fully saturated rings. The maximum atomic E-state index is 12.7. The van der Waals surface area contributed by atoms with E-state index in [0.717, 1.165) is 25.1 Å². The maximum absolute atomic E-state index is 12.7. The Kier molecular flexibility index (Phi) is 4.83. The van der Waals surface area contributed by atoms with Gasteiger partial charge >= 0.3 is 0 Å². The Bertz CT molecular complexity index is 793. The summed E-state index contributed by atoms with van der Waals surface area (Å²) in [5, 5.41) is 9.71. The number of nitrogens with one attached hydrogen (secondary N) is 2. The fourth-order valence-electron chi connectivity index (χ4n) is 2.79. The van der Waals surface area contributed by atoms with E-state index in [9.17, 15) is 9.59 Å². The average molecular weight is 341 g/mol. The van der Waals surface area contributed by atoms with Crippen LogP contribution in [0.1, 0.15) is 59.1 Å². The lowest BCUT2D eigenvalue weighted by molar-refractivity contribution is 0.0956. The molecule has 2 aromatic rings. The number of amides is 2. The van der Waals surface area contributed by atoms with Crippen LogP contribution >= 0.6 is 0 Å². The predicted octanol–water partition coefficient (Wildman–Crippen LogP) is 2.42. The van der Waals surface area contributed by atoms with Crippen LogP contribution in [0.4, 0.5) is 5.82 Å². The van der Waals surface area contributed by atoms with Crippen LogP contribution in [0.5, 0.6) is 0 Å². The van der Waals surface area contributed by atoms with Crippen molar-refractivity contribution >= 4 is 17.6 Å². The molecule has 0 saturated heterocycles. The van der Waals surface area contributed by atoms with Crippen molar-refractivity contribution in [3.8, 4) is 0 Å². The van der Waals surface area contributed by atoms with E-state index in [-0.39, 0.29) is 17.5 Å². The molecule has 0 aliphatic heterocycles. The minimum atomic E-state index is -0.292. The third kappa shape index (κ3) is 3.87. The van der Waals surface area contributed by atoms with Crippen molar-refractivity contribution < 1.29 is 9.59 Å². The number of carbonyl (C=O) groups excluding carboxylic acids is 2. The van der Waals surface area contributed by atoms with E-state index in [1.54, 1.807) is 31.4 Å². The minimum Gasteiger partial charge on any atom is -0.354 e. The van der Waals surface area contributed by atoms with Crippen LogP contribution in [0.3, 0.4) is 0 Å². The summed E-state index contributed by atoms with van der Waals surface area (Å²) in [5.41, 5.74) is 1.86. The van der Waals surface area contributed by atoms with Gasteiger partial charge in [0.1, 0.15) is 11.5 Å². The summed E-state index contributed by atoms with van der Waals surface area (Å²) in [6.07, 6.45) is 3.82. The van der Waals surface area contributed by atoms with E-state index in [0.29, 0.717) is 23.2 Å². The molecule has 1 aliphatic rings. The Morgan fingerprint density at radius 2 is 2.04 bits per heavy atom. The van der Waals surface area contributed by atoms with Crippen molar-refractivity contribution in [2.45, 2.75) is 39.2 Å². The van der Waals surface area contributed by atoms with Crippen LogP contribution in [-0.4, -0.2) is 33.6 Å². The molecule has 7 nitrogen and oxygen atoms in total. The standard InChI is InChI=1S/C18H23N5O2/c1-11(2)10-23-16(12-7-8-12)13(9-20-23)17(24)22-15-6-4-5-14(21-15)18(25)19-3/h4-6,9,11-12H,7-8,10H2,1-3H3,(H,19,25)(H,21,22,24). The van der Waals surface area contributed by atoms with Gasteiger partial charge < -0.3 is 10.6 Å². The van der Waals surface area contributed by atoms with Crippen LogP contribution in [0.25, 0.3) is 0 Å². The first-order valence-electron chi connectivity index (χ1n) is 8.55. The molecule has 2 amide bonds. The van der Waals surface area contributed by atoms with Crippen molar-refractivity contribution in [2.24, 2.45) is 5.92 Å². The highest BCUT2D eigenvalue weighted by molar-refractivity contribution is 6.05. The fourth-order valence-corrected chi connectivity index (χ4v) is 2.79. The van der Waals surface area contributed by atoms with E-state index in [2.05, 4.69) is 34.6 Å². The lowest BCUT2D eigenvalue weighted by Gasteiger charge is -2.11. The summed E-state index contributed by atoms with van der Waals surface area (Å²) >= 11 is 0. The SMILES string of the molecule is CNC(=O)c1cccc(NC(=O)c2cnn(CC(C)C)c2C2CC2)n1. The third-order valence-corrected chi connectivity index (χ3v) is 4.08. The predicted molar refractivity (Wildman–Crippen MR) is 94.6 cm³/mol. The molecular formula is C18H23N5O2. The second kappa shape index (κ2) is 7.04. The summed E-state index contributed by atoms with van der Waals surface area (Å²) in [4.78, 5) is 28.6. The zero-order chi connectivity index (χ0) is 18.0. The molecule has 3 rings (SSSR count). The number of hydrogen-bond donors (Lipinski definition) is 2. The molecule has 2 heterocycles. The summed E-state index contributed by atoms with van der Waals surface area (Å²) in [7, 11) is 1.54. The van der Waals surface area contributed by atoms with Gasteiger partial charge in [-0.3, -0.25) is 14.3 Å². The van der Waals surface area contributed by atoms with Crippen molar-refractivity contribution in [2.75, 3.05) is 12.4 Å². The third-order valence-electron chi connectivity index (χ3n) is 4.08. The zero-order valence-corrected chi connectivity index (χ0v) is 14.7. The van der Waals surface area contributed by atoms with Crippen LogP contribution in [0, 0.1) is 5.92 Å². The highest BCUT2D eigenvalue weighted by atomic mass is 16.2.